The molecule has 0 saturated carbocycles. The number of non-ortho nitro benzene ring substituents is 1. The lowest BCUT2D eigenvalue weighted by Gasteiger charge is -1.99. The molecule has 0 amide bonds. The first kappa shape index (κ1) is 11.5. The lowest BCUT2D eigenvalue weighted by Crippen LogP contribution is -2.07. The number of H-pyrrole nitrogens is 1. The van der Waals surface area contributed by atoms with Crippen LogP contribution in [0.5, 0.6) is 0 Å². The smallest absolute Gasteiger partial charge is 0.270 e. The van der Waals surface area contributed by atoms with Gasteiger partial charge in [0.2, 0.25) is 0 Å². The maximum Gasteiger partial charge on any atom is 0.270 e. The molecule has 1 heterocycles. The maximum absolute atomic E-state index is 10.6. The van der Waals surface area contributed by atoms with Gasteiger partial charge in [-0.1, -0.05) is 0 Å². The molecule has 9 heteroatoms. The molecular formula is C8H8N4O4S. The molecule has 0 aliphatic rings. The van der Waals surface area contributed by atoms with Crippen LogP contribution in [0.3, 0.4) is 0 Å². The molecule has 0 aliphatic carbocycles. The fourth-order valence-corrected chi connectivity index (χ4v) is 1.64. The predicted octanol–water partition coefficient (Wildman–Crippen LogP) is 1.06. The quantitative estimate of drug-likeness (QED) is 0.427. The van der Waals surface area contributed by atoms with Crippen LogP contribution < -0.4 is 5.32 Å². The van der Waals surface area contributed by atoms with Crippen molar-refractivity contribution in [2.24, 2.45) is 0 Å². The zero-order valence-corrected chi connectivity index (χ0v) is 9.23. The van der Waals surface area contributed by atoms with Gasteiger partial charge in [0.05, 0.1) is 15.8 Å². The number of nitrogens with zero attached hydrogens (tertiary/aromatic N) is 2. The number of nitro groups is 1. The second-order valence-electron chi connectivity index (χ2n) is 3.20. The van der Waals surface area contributed by atoms with Crippen molar-refractivity contribution in [2.45, 2.75) is 0 Å². The van der Waals surface area contributed by atoms with Gasteiger partial charge in [-0.2, -0.15) is 5.10 Å². The van der Waals surface area contributed by atoms with E-state index in [9.17, 15) is 14.3 Å². The molecule has 0 fully saturated rings. The molecule has 17 heavy (non-hydrogen) atoms. The van der Waals surface area contributed by atoms with Gasteiger partial charge in [-0.3, -0.25) is 15.2 Å². The highest BCUT2D eigenvalue weighted by Crippen LogP contribution is 2.24. The van der Waals surface area contributed by atoms with E-state index in [1.807, 2.05) is 0 Å². The van der Waals surface area contributed by atoms with E-state index in [2.05, 4.69) is 15.5 Å². The highest BCUT2D eigenvalue weighted by molar-refractivity contribution is 7.79. The topological polar surface area (TPSA) is 121 Å². The minimum Gasteiger partial charge on any atom is -0.354 e. The van der Waals surface area contributed by atoms with Crippen LogP contribution in [0.4, 0.5) is 11.5 Å². The highest BCUT2D eigenvalue weighted by Gasteiger charge is 2.11. The molecule has 0 radical (unpaired) electrons. The van der Waals surface area contributed by atoms with Crippen molar-refractivity contribution in [3.05, 3.63) is 28.3 Å². The number of aromatic amines is 1. The summed E-state index contributed by atoms with van der Waals surface area (Å²) in [5.74, 6) is 0.119. The zero-order chi connectivity index (χ0) is 12.4. The van der Waals surface area contributed by atoms with Crippen LogP contribution in [-0.2, 0) is 11.1 Å². The number of rotatable bonds is 4. The van der Waals surface area contributed by atoms with Gasteiger partial charge in [-0.05, 0) is 6.07 Å². The third-order valence-corrected chi connectivity index (χ3v) is 2.51. The summed E-state index contributed by atoms with van der Waals surface area (Å²) in [4.78, 5) is 10.1. The standard InChI is InChI=1S/C8H8N4O4S/c13-12(14)5-1-2-7-6(3-5)8(11-10-7)9-4-17(15)16/h1-3H,4H2,(H,15,16)(H2,9,10,11). The van der Waals surface area contributed by atoms with Crippen molar-refractivity contribution in [3.8, 4) is 0 Å². The number of nitro benzene ring substituents is 1. The van der Waals surface area contributed by atoms with Crippen molar-refractivity contribution in [2.75, 3.05) is 11.2 Å². The van der Waals surface area contributed by atoms with Crippen LogP contribution in [0.25, 0.3) is 10.9 Å². The van der Waals surface area contributed by atoms with Crippen molar-refractivity contribution < 1.29 is 13.7 Å². The molecular weight excluding hydrogens is 248 g/mol. The first-order valence-electron chi connectivity index (χ1n) is 4.52. The Morgan fingerprint density at radius 1 is 1.59 bits per heavy atom. The molecule has 1 atom stereocenters. The van der Waals surface area contributed by atoms with Crippen LogP contribution in [0.15, 0.2) is 18.2 Å². The van der Waals surface area contributed by atoms with Crippen LogP contribution >= 0.6 is 0 Å². The molecule has 2 rings (SSSR count). The molecule has 0 saturated heterocycles. The normalized spacial score (nSPS) is 12.5. The van der Waals surface area contributed by atoms with Crippen LogP contribution in [-0.4, -0.2) is 29.8 Å². The average molecular weight is 256 g/mol. The van der Waals surface area contributed by atoms with E-state index in [0.717, 1.165) is 0 Å². The summed E-state index contributed by atoms with van der Waals surface area (Å²) < 4.78 is 19.1. The van der Waals surface area contributed by atoms with Crippen LogP contribution in [0, 0.1) is 10.1 Å². The third kappa shape index (κ3) is 2.40. The van der Waals surface area contributed by atoms with Gasteiger partial charge in [0.15, 0.2) is 16.9 Å². The summed E-state index contributed by atoms with van der Waals surface area (Å²) in [6.45, 7) is 0. The van der Waals surface area contributed by atoms with E-state index in [-0.39, 0.29) is 11.6 Å². The SMILES string of the molecule is O=[N+]([O-])c1ccc2[nH]nc(NCS(=O)O)c2c1. The number of aromatic nitrogens is 2. The molecule has 1 aromatic heterocycles. The molecule has 0 spiro atoms. The summed E-state index contributed by atoms with van der Waals surface area (Å²) in [5, 5.41) is 20.3. The van der Waals surface area contributed by atoms with Crippen LogP contribution in [0.2, 0.25) is 0 Å². The van der Waals surface area contributed by atoms with Gasteiger partial charge in [0.1, 0.15) is 5.88 Å². The Kier molecular flexibility index (Phi) is 3.02. The second-order valence-corrected chi connectivity index (χ2v) is 4.13. The summed E-state index contributed by atoms with van der Waals surface area (Å²) >= 11 is -2.01. The van der Waals surface area contributed by atoms with E-state index >= 15 is 0 Å². The van der Waals surface area contributed by atoms with E-state index in [1.54, 1.807) is 0 Å². The Balaban J connectivity index is 2.39. The Morgan fingerprint density at radius 2 is 2.35 bits per heavy atom. The number of hydrogen-bond acceptors (Lipinski definition) is 5. The first-order valence-corrected chi connectivity index (χ1v) is 5.79. The molecule has 0 aliphatic heterocycles. The summed E-state index contributed by atoms with van der Waals surface area (Å²) in [6, 6.07) is 4.23. The number of hydrogen-bond donors (Lipinski definition) is 3. The van der Waals surface area contributed by atoms with E-state index in [1.165, 1.54) is 18.2 Å². The van der Waals surface area contributed by atoms with Gasteiger partial charge >= 0.3 is 0 Å². The highest BCUT2D eigenvalue weighted by atomic mass is 32.2. The van der Waals surface area contributed by atoms with E-state index in [4.69, 9.17) is 4.55 Å². The van der Waals surface area contributed by atoms with Crippen molar-refractivity contribution in [1.29, 1.82) is 0 Å². The van der Waals surface area contributed by atoms with Crippen molar-refractivity contribution >= 4 is 33.5 Å². The summed E-state index contributed by atoms with van der Waals surface area (Å²) in [7, 11) is 0. The average Bonchev–Trinajstić information content (AvgIpc) is 2.68. The minimum absolute atomic E-state index is 0.0629. The fraction of sp³-hybridized carbons (Fsp3) is 0.125. The van der Waals surface area contributed by atoms with Crippen molar-refractivity contribution in [3.63, 3.8) is 0 Å². The number of nitrogens with one attached hydrogen (secondary N) is 2. The molecule has 2 aromatic rings. The molecule has 1 unspecified atom stereocenters. The number of anilines is 1. The summed E-state index contributed by atoms with van der Waals surface area (Å²) in [6.07, 6.45) is 0. The Labute approximate surface area is 97.5 Å². The van der Waals surface area contributed by atoms with Crippen LogP contribution in [0.1, 0.15) is 0 Å². The first-order chi connectivity index (χ1) is 8.08. The third-order valence-electron chi connectivity index (χ3n) is 2.12. The van der Waals surface area contributed by atoms with Gasteiger partial charge in [-0.25, -0.2) is 4.21 Å². The monoisotopic (exact) mass is 256 g/mol. The number of benzene rings is 1. The molecule has 3 N–H and O–H groups in total. The molecule has 0 bridgehead atoms. The lowest BCUT2D eigenvalue weighted by molar-refractivity contribution is -0.384. The largest absolute Gasteiger partial charge is 0.354 e. The lowest BCUT2D eigenvalue weighted by atomic mass is 10.2. The fourth-order valence-electron chi connectivity index (χ4n) is 1.38. The Hall–Kier alpha value is -2.00. The van der Waals surface area contributed by atoms with E-state index in [0.29, 0.717) is 16.7 Å². The number of fused-ring (bicyclic) bond motifs is 1. The zero-order valence-electron chi connectivity index (χ0n) is 8.41. The molecule has 90 valence electrons. The van der Waals surface area contributed by atoms with Crippen molar-refractivity contribution in [1.82, 2.24) is 10.2 Å². The van der Waals surface area contributed by atoms with Gasteiger partial charge < -0.3 is 9.87 Å². The Bertz CT molecular complexity index is 596. The second kappa shape index (κ2) is 4.47. The minimum atomic E-state index is -2.01. The maximum atomic E-state index is 10.6. The summed E-state index contributed by atoms with van der Waals surface area (Å²) in [5.41, 5.74) is 0.550. The van der Waals surface area contributed by atoms with E-state index < -0.39 is 16.0 Å². The predicted molar refractivity (Wildman–Crippen MR) is 62.0 cm³/mol. The molecule has 1 aromatic carbocycles. The van der Waals surface area contributed by atoms with Gasteiger partial charge in [0, 0.05) is 12.1 Å². The van der Waals surface area contributed by atoms with Gasteiger partial charge in [-0.15, -0.1) is 0 Å². The van der Waals surface area contributed by atoms with Gasteiger partial charge in [0.25, 0.3) is 5.69 Å². The Morgan fingerprint density at radius 3 is 3.00 bits per heavy atom. The molecule has 8 nitrogen and oxygen atoms in total.